The first-order valence-electron chi connectivity index (χ1n) is 10.5. The first-order chi connectivity index (χ1) is 15.4. The molecule has 0 aliphatic carbocycles. The number of para-hydroxylation sites is 3. The van der Waals surface area contributed by atoms with Crippen LogP contribution < -0.4 is 19.5 Å². The van der Waals surface area contributed by atoms with E-state index >= 15 is 0 Å². The summed E-state index contributed by atoms with van der Waals surface area (Å²) in [5.74, 6) is 1.52. The van der Waals surface area contributed by atoms with Crippen molar-refractivity contribution >= 4 is 17.5 Å². The van der Waals surface area contributed by atoms with Gasteiger partial charge in [-0.3, -0.25) is 14.5 Å². The fraction of sp³-hybridized carbons (Fsp3) is 0.417. The van der Waals surface area contributed by atoms with Gasteiger partial charge in [0, 0.05) is 19.2 Å². The molecule has 32 heavy (non-hydrogen) atoms. The number of rotatable bonds is 12. The number of hydrogen-bond donors (Lipinski definition) is 1. The van der Waals surface area contributed by atoms with Crippen molar-refractivity contribution in [2.75, 3.05) is 53.3 Å². The fourth-order valence-electron chi connectivity index (χ4n) is 3.40. The van der Waals surface area contributed by atoms with Crippen LogP contribution in [0.25, 0.3) is 0 Å². The molecule has 8 nitrogen and oxygen atoms in total. The molecule has 174 valence electrons. The van der Waals surface area contributed by atoms with Gasteiger partial charge in [-0.1, -0.05) is 31.2 Å². The van der Waals surface area contributed by atoms with Crippen LogP contribution in [0.3, 0.4) is 0 Å². The Bertz CT molecular complexity index is 903. The van der Waals surface area contributed by atoms with Crippen LogP contribution in [0.2, 0.25) is 0 Å². The molecule has 0 aliphatic heterocycles. The molecular weight excluding hydrogens is 410 g/mol. The summed E-state index contributed by atoms with van der Waals surface area (Å²) in [6, 6.07) is 12.8. The minimum absolute atomic E-state index is 0.0894. The average molecular weight is 444 g/mol. The van der Waals surface area contributed by atoms with E-state index in [2.05, 4.69) is 5.32 Å². The molecule has 1 N–H and O–H groups in total. The van der Waals surface area contributed by atoms with Crippen LogP contribution in [-0.4, -0.2) is 69.6 Å². The zero-order chi connectivity index (χ0) is 23.5. The Morgan fingerprint density at radius 3 is 2.25 bits per heavy atom. The highest BCUT2D eigenvalue weighted by atomic mass is 16.5. The quantitative estimate of drug-likeness (QED) is 0.543. The number of hydrogen-bond acceptors (Lipinski definition) is 6. The number of anilines is 1. The van der Waals surface area contributed by atoms with Crippen molar-refractivity contribution in [3.63, 3.8) is 0 Å². The summed E-state index contributed by atoms with van der Waals surface area (Å²) in [5, 5.41) is 2.86. The third-order valence-corrected chi connectivity index (χ3v) is 4.96. The first kappa shape index (κ1) is 25.0. The van der Waals surface area contributed by atoms with E-state index in [0.29, 0.717) is 36.0 Å². The second kappa shape index (κ2) is 12.6. The number of amides is 2. The Balaban J connectivity index is 2.01. The maximum Gasteiger partial charge on any atom is 0.238 e. The summed E-state index contributed by atoms with van der Waals surface area (Å²) >= 11 is 0. The van der Waals surface area contributed by atoms with Crippen LogP contribution in [0.4, 0.5) is 5.69 Å². The van der Waals surface area contributed by atoms with Gasteiger partial charge in [-0.15, -0.1) is 0 Å². The molecule has 0 bridgehead atoms. The second-order valence-corrected chi connectivity index (χ2v) is 7.36. The lowest BCUT2D eigenvalue weighted by atomic mass is 10.1. The van der Waals surface area contributed by atoms with E-state index in [1.807, 2.05) is 42.2 Å². The Kier molecular flexibility index (Phi) is 9.81. The van der Waals surface area contributed by atoms with Gasteiger partial charge < -0.3 is 24.4 Å². The molecule has 2 amide bonds. The highest BCUT2D eigenvalue weighted by molar-refractivity contribution is 5.94. The summed E-state index contributed by atoms with van der Waals surface area (Å²) in [7, 11) is 6.45. The van der Waals surface area contributed by atoms with Crippen LogP contribution in [-0.2, 0) is 16.1 Å². The monoisotopic (exact) mass is 443 g/mol. The van der Waals surface area contributed by atoms with Crippen LogP contribution >= 0.6 is 0 Å². The SMILES string of the molecule is CCCN(CC(=O)Nc1ccccc1OC)CC(=O)N(C)Cc1cccc(OC)c1OC. The summed E-state index contributed by atoms with van der Waals surface area (Å²) < 4.78 is 16.1. The van der Waals surface area contributed by atoms with Gasteiger partial charge in [0.25, 0.3) is 0 Å². The van der Waals surface area contributed by atoms with Gasteiger partial charge in [0.05, 0.1) is 40.1 Å². The molecule has 0 aliphatic rings. The van der Waals surface area contributed by atoms with Crippen LogP contribution in [0, 0.1) is 0 Å². The summed E-state index contributed by atoms with van der Waals surface area (Å²) in [4.78, 5) is 28.9. The fourth-order valence-corrected chi connectivity index (χ4v) is 3.40. The minimum Gasteiger partial charge on any atom is -0.495 e. The Hall–Kier alpha value is -3.26. The molecular formula is C24H33N3O5. The van der Waals surface area contributed by atoms with E-state index in [9.17, 15) is 9.59 Å². The van der Waals surface area contributed by atoms with Gasteiger partial charge >= 0.3 is 0 Å². The van der Waals surface area contributed by atoms with Crippen molar-refractivity contribution in [2.45, 2.75) is 19.9 Å². The molecule has 2 aromatic carbocycles. The van der Waals surface area contributed by atoms with Crippen molar-refractivity contribution in [3.05, 3.63) is 48.0 Å². The molecule has 0 saturated carbocycles. The maximum absolute atomic E-state index is 12.9. The van der Waals surface area contributed by atoms with Crippen LogP contribution in [0.5, 0.6) is 17.2 Å². The zero-order valence-corrected chi connectivity index (χ0v) is 19.5. The molecule has 2 aromatic rings. The standard InChI is InChI=1S/C24H33N3O5/c1-6-14-27(16-22(28)25-19-11-7-8-12-20(19)30-3)17-23(29)26(2)15-18-10-9-13-21(31-4)24(18)32-5/h7-13H,6,14-17H2,1-5H3,(H,25,28). The molecule has 0 aromatic heterocycles. The van der Waals surface area contributed by atoms with Crippen molar-refractivity contribution < 1.29 is 23.8 Å². The summed E-state index contributed by atoms with van der Waals surface area (Å²) in [5.41, 5.74) is 1.45. The number of carbonyl (C=O) groups excluding carboxylic acids is 2. The zero-order valence-electron chi connectivity index (χ0n) is 19.5. The Labute approximate surface area is 190 Å². The third-order valence-electron chi connectivity index (χ3n) is 4.96. The number of methoxy groups -OCH3 is 3. The van der Waals surface area contributed by atoms with Gasteiger partial charge in [0.2, 0.25) is 11.8 Å². The van der Waals surface area contributed by atoms with E-state index in [0.717, 1.165) is 12.0 Å². The second-order valence-electron chi connectivity index (χ2n) is 7.36. The molecule has 0 heterocycles. The maximum atomic E-state index is 12.9. The van der Waals surface area contributed by atoms with Crippen molar-refractivity contribution in [2.24, 2.45) is 0 Å². The highest BCUT2D eigenvalue weighted by Crippen LogP contribution is 2.31. The topological polar surface area (TPSA) is 80.3 Å². The minimum atomic E-state index is -0.201. The van der Waals surface area contributed by atoms with Crippen molar-refractivity contribution in [3.8, 4) is 17.2 Å². The van der Waals surface area contributed by atoms with Gasteiger partial charge in [0.1, 0.15) is 5.75 Å². The van der Waals surface area contributed by atoms with Crippen molar-refractivity contribution in [1.29, 1.82) is 0 Å². The lowest BCUT2D eigenvalue weighted by Crippen LogP contribution is -2.42. The number of nitrogens with one attached hydrogen (secondary N) is 1. The molecule has 0 atom stereocenters. The molecule has 0 radical (unpaired) electrons. The van der Waals surface area contributed by atoms with Crippen molar-refractivity contribution in [1.82, 2.24) is 9.80 Å². The lowest BCUT2D eigenvalue weighted by molar-refractivity contribution is -0.132. The van der Waals surface area contributed by atoms with Crippen LogP contribution in [0.15, 0.2) is 42.5 Å². The lowest BCUT2D eigenvalue weighted by Gasteiger charge is -2.25. The van der Waals surface area contributed by atoms with E-state index in [1.54, 1.807) is 45.4 Å². The Morgan fingerprint density at radius 1 is 0.906 bits per heavy atom. The third kappa shape index (κ3) is 6.88. The summed E-state index contributed by atoms with van der Waals surface area (Å²) in [6.07, 6.45) is 0.822. The van der Waals surface area contributed by atoms with Gasteiger partial charge in [-0.05, 0) is 31.2 Å². The number of likely N-dealkylation sites (N-methyl/N-ethyl adjacent to an activating group) is 1. The van der Waals surface area contributed by atoms with Crippen LogP contribution in [0.1, 0.15) is 18.9 Å². The van der Waals surface area contributed by atoms with Gasteiger partial charge in [0.15, 0.2) is 11.5 Å². The van der Waals surface area contributed by atoms with E-state index < -0.39 is 0 Å². The Morgan fingerprint density at radius 2 is 1.59 bits per heavy atom. The molecule has 0 fully saturated rings. The predicted octanol–water partition coefficient (Wildman–Crippen LogP) is 3.02. The number of carbonyl (C=O) groups is 2. The van der Waals surface area contributed by atoms with E-state index in [1.165, 1.54) is 0 Å². The molecule has 0 spiro atoms. The summed E-state index contributed by atoms with van der Waals surface area (Å²) in [6.45, 7) is 3.25. The largest absolute Gasteiger partial charge is 0.495 e. The first-order valence-corrected chi connectivity index (χ1v) is 10.5. The number of ether oxygens (including phenoxy) is 3. The molecule has 8 heteroatoms. The smallest absolute Gasteiger partial charge is 0.238 e. The predicted molar refractivity (Wildman–Crippen MR) is 124 cm³/mol. The normalized spacial score (nSPS) is 10.6. The molecule has 2 rings (SSSR count). The highest BCUT2D eigenvalue weighted by Gasteiger charge is 2.19. The number of nitrogens with zero attached hydrogens (tertiary/aromatic N) is 2. The van der Waals surface area contributed by atoms with Gasteiger partial charge in [-0.2, -0.15) is 0 Å². The molecule has 0 unspecified atom stereocenters. The van der Waals surface area contributed by atoms with E-state index in [4.69, 9.17) is 14.2 Å². The number of benzene rings is 2. The van der Waals surface area contributed by atoms with E-state index in [-0.39, 0.29) is 24.9 Å². The average Bonchev–Trinajstić information content (AvgIpc) is 2.79. The van der Waals surface area contributed by atoms with Gasteiger partial charge in [-0.25, -0.2) is 0 Å². The molecule has 0 saturated heterocycles.